The quantitative estimate of drug-likeness (QED) is 0.885. The molecule has 1 aromatic heterocycles. The molecule has 1 N–H and O–H groups in total. The summed E-state index contributed by atoms with van der Waals surface area (Å²) < 4.78 is 29.2. The van der Waals surface area contributed by atoms with E-state index in [-0.39, 0.29) is 17.9 Å². The maximum absolute atomic E-state index is 14.4. The molecule has 0 bridgehead atoms. The summed E-state index contributed by atoms with van der Waals surface area (Å²) in [6.07, 6.45) is 3.55. The van der Waals surface area contributed by atoms with E-state index in [9.17, 15) is 18.7 Å². The highest BCUT2D eigenvalue weighted by atomic mass is 19.1. The minimum Gasteiger partial charge on any atom is -0.381 e. The number of Topliss-reactive ketones (excluding diaryl/α,β-unsaturated/α-hetero) is 1. The Hall–Kier alpha value is -2.19. The minimum absolute atomic E-state index is 0.00574. The predicted molar refractivity (Wildman–Crippen MR) is 85.6 cm³/mol. The van der Waals surface area contributed by atoms with Crippen LogP contribution in [-0.4, -0.2) is 49.7 Å². The van der Waals surface area contributed by atoms with E-state index in [2.05, 4.69) is 10.1 Å². The lowest BCUT2D eigenvalue weighted by Gasteiger charge is -2.42. The summed E-state index contributed by atoms with van der Waals surface area (Å²) >= 11 is 0. The summed E-state index contributed by atoms with van der Waals surface area (Å²) in [7, 11) is 0. The zero-order valence-electron chi connectivity index (χ0n) is 13.9. The molecule has 0 saturated carbocycles. The second-order valence-electron chi connectivity index (χ2n) is 6.39. The number of piperidine rings is 1. The summed E-state index contributed by atoms with van der Waals surface area (Å²) in [5.74, 6) is -1.35. The van der Waals surface area contributed by atoms with E-state index in [1.807, 2.05) is 4.90 Å². The second kappa shape index (κ2) is 6.97. The van der Waals surface area contributed by atoms with Gasteiger partial charge in [0.1, 0.15) is 35.7 Å². The normalized spacial score (nSPS) is 19.6. The van der Waals surface area contributed by atoms with Crippen molar-refractivity contribution in [3.05, 3.63) is 48.1 Å². The highest BCUT2D eigenvalue weighted by Gasteiger charge is 2.42. The van der Waals surface area contributed by atoms with Gasteiger partial charge in [0.25, 0.3) is 0 Å². The van der Waals surface area contributed by atoms with Crippen LogP contribution in [0.15, 0.2) is 30.9 Å². The van der Waals surface area contributed by atoms with Gasteiger partial charge in [-0.15, -0.1) is 0 Å². The van der Waals surface area contributed by atoms with E-state index in [1.165, 1.54) is 23.4 Å². The molecule has 6 nitrogen and oxygen atoms in total. The average Bonchev–Trinajstić information content (AvgIpc) is 3.07. The Morgan fingerprint density at radius 3 is 2.64 bits per heavy atom. The summed E-state index contributed by atoms with van der Waals surface area (Å²) in [5, 5.41) is 15.4. The van der Waals surface area contributed by atoms with Crippen LogP contribution in [0.1, 0.15) is 25.3 Å². The van der Waals surface area contributed by atoms with Crippen molar-refractivity contribution in [1.82, 2.24) is 19.7 Å². The Bertz CT molecular complexity index is 743. The maximum Gasteiger partial charge on any atom is 0.137 e. The van der Waals surface area contributed by atoms with Crippen molar-refractivity contribution < 1.29 is 18.7 Å². The molecule has 0 amide bonds. The Morgan fingerprint density at radius 2 is 2.04 bits per heavy atom. The zero-order valence-corrected chi connectivity index (χ0v) is 13.9. The third-order valence-electron chi connectivity index (χ3n) is 4.86. The first-order valence-corrected chi connectivity index (χ1v) is 8.16. The van der Waals surface area contributed by atoms with Gasteiger partial charge in [0.15, 0.2) is 0 Å². The number of rotatable bonds is 5. The molecule has 2 atom stereocenters. The molecule has 1 aromatic carbocycles. The Balaban J connectivity index is 1.97. The van der Waals surface area contributed by atoms with E-state index >= 15 is 0 Å². The van der Waals surface area contributed by atoms with E-state index < -0.39 is 23.3 Å². The smallest absolute Gasteiger partial charge is 0.137 e. The molecule has 25 heavy (non-hydrogen) atoms. The fourth-order valence-corrected chi connectivity index (χ4v) is 3.31. The molecular weight excluding hydrogens is 330 g/mol. The van der Waals surface area contributed by atoms with Gasteiger partial charge in [0, 0.05) is 43.6 Å². The van der Waals surface area contributed by atoms with Gasteiger partial charge in [-0.2, -0.15) is 5.10 Å². The summed E-state index contributed by atoms with van der Waals surface area (Å²) in [6, 6.07) is 2.63. The highest BCUT2D eigenvalue weighted by Crippen LogP contribution is 2.33. The van der Waals surface area contributed by atoms with Crippen LogP contribution in [-0.2, 0) is 16.9 Å². The first-order valence-electron chi connectivity index (χ1n) is 8.16. The standard InChI is InChI=1S/C17H20F2N4O2/c1-12(22-6-4-14(24)5-7-22)17(25,9-23-11-20-10-21-23)15-3-2-13(18)8-16(15)19/h2-3,8,10-12,25H,4-7,9H2,1H3. The van der Waals surface area contributed by atoms with Gasteiger partial charge in [0.05, 0.1) is 6.54 Å². The molecule has 2 heterocycles. The van der Waals surface area contributed by atoms with Crippen molar-refractivity contribution >= 4 is 5.78 Å². The van der Waals surface area contributed by atoms with Crippen molar-refractivity contribution in [2.75, 3.05) is 13.1 Å². The van der Waals surface area contributed by atoms with Crippen LogP contribution in [0.25, 0.3) is 0 Å². The lowest BCUT2D eigenvalue weighted by Crippen LogP contribution is -2.54. The third kappa shape index (κ3) is 3.59. The molecule has 0 spiro atoms. The topological polar surface area (TPSA) is 71.2 Å². The van der Waals surface area contributed by atoms with Gasteiger partial charge in [-0.05, 0) is 13.0 Å². The average molecular weight is 350 g/mol. The lowest BCUT2D eigenvalue weighted by molar-refractivity contribution is -0.124. The van der Waals surface area contributed by atoms with Gasteiger partial charge in [0.2, 0.25) is 0 Å². The molecular formula is C17H20F2N4O2. The van der Waals surface area contributed by atoms with Crippen molar-refractivity contribution in [3.8, 4) is 0 Å². The predicted octanol–water partition coefficient (Wildman–Crippen LogP) is 1.50. The Labute approximate surface area is 144 Å². The van der Waals surface area contributed by atoms with Crippen molar-refractivity contribution in [2.24, 2.45) is 0 Å². The number of nitrogens with zero attached hydrogens (tertiary/aromatic N) is 4. The molecule has 3 rings (SSSR count). The van der Waals surface area contributed by atoms with Gasteiger partial charge < -0.3 is 5.11 Å². The van der Waals surface area contributed by atoms with Crippen LogP contribution in [0.2, 0.25) is 0 Å². The Morgan fingerprint density at radius 1 is 1.32 bits per heavy atom. The van der Waals surface area contributed by atoms with Crippen molar-refractivity contribution in [2.45, 2.75) is 38.0 Å². The molecule has 8 heteroatoms. The molecule has 1 aliphatic heterocycles. The first kappa shape index (κ1) is 17.6. The fraction of sp³-hybridized carbons (Fsp3) is 0.471. The molecule has 2 aromatic rings. The van der Waals surface area contributed by atoms with E-state index in [0.29, 0.717) is 25.9 Å². The highest BCUT2D eigenvalue weighted by molar-refractivity contribution is 5.79. The number of ketones is 1. The van der Waals surface area contributed by atoms with Crippen molar-refractivity contribution in [1.29, 1.82) is 0 Å². The van der Waals surface area contributed by atoms with Crippen LogP contribution < -0.4 is 0 Å². The van der Waals surface area contributed by atoms with Crippen LogP contribution in [0.4, 0.5) is 8.78 Å². The van der Waals surface area contributed by atoms with Crippen LogP contribution in [0.3, 0.4) is 0 Å². The number of likely N-dealkylation sites (tertiary alicyclic amines) is 1. The second-order valence-corrected chi connectivity index (χ2v) is 6.39. The molecule has 1 saturated heterocycles. The fourth-order valence-electron chi connectivity index (χ4n) is 3.31. The number of hydrogen-bond donors (Lipinski definition) is 1. The van der Waals surface area contributed by atoms with E-state index in [1.54, 1.807) is 6.92 Å². The maximum atomic E-state index is 14.4. The van der Waals surface area contributed by atoms with E-state index in [4.69, 9.17) is 0 Å². The number of benzene rings is 1. The number of aromatic nitrogens is 3. The number of carbonyl (C=O) groups excluding carboxylic acids is 1. The monoisotopic (exact) mass is 350 g/mol. The first-order chi connectivity index (χ1) is 11.9. The zero-order chi connectivity index (χ0) is 18.0. The summed E-state index contributed by atoms with van der Waals surface area (Å²) in [6.45, 7) is 2.71. The van der Waals surface area contributed by atoms with Gasteiger partial charge in [-0.3, -0.25) is 9.69 Å². The van der Waals surface area contributed by atoms with Crippen LogP contribution in [0, 0.1) is 11.6 Å². The minimum atomic E-state index is -1.66. The number of carbonyl (C=O) groups is 1. The SMILES string of the molecule is CC(N1CCC(=O)CC1)C(O)(Cn1cncn1)c1ccc(F)cc1F. The Kier molecular flexibility index (Phi) is 4.91. The largest absolute Gasteiger partial charge is 0.381 e. The molecule has 134 valence electrons. The molecule has 1 fully saturated rings. The van der Waals surface area contributed by atoms with Crippen molar-refractivity contribution in [3.63, 3.8) is 0 Å². The van der Waals surface area contributed by atoms with E-state index in [0.717, 1.165) is 12.1 Å². The van der Waals surface area contributed by atoms with Crippen LogP contribution >= 0.6 is 0 Å². The summed E-state index contributed by atoms with van der Waals surface area (Å²) in [5.41, 5.74) is -1.67. The lowest BCUT2D eigenvalue weighted by atomic mass is 9.84. The van der Waals surface area contributed by atoms with Gasteiger partial charge in [-0.25, -0.2) is 18.4 Å². The van der Waals surface area contributed by atoms with Gasteiger partial charge >= 0.3 is 0 Å². The number of halogens is 2. The number of aliphatic hydroxyl groups is 1. The number of hydrogen-bond acceptors (Lipinski definition) is 5. The molecule has 1 aliphatic rings. The van der Waals surface area contributed by atoms with Crippen LogP contribution in [0.5, 0.6) is 0 Å². The molecule has 0 radical (unpaired) electrons. The third-order valence-corrected chi connectivity index (χ3v) is 4.86. The molecule has 2 unspecified atom stereocenters. The van der Waals surface area contributed by atoms with Gasteiger partial charge in [-0.1, -0.05) is 6.07 Å². The molecule has 0 aliphatic carbocycles. The summed E-state index contributed by atoms with van der Waals surface area (Å²) in [4.78, 5) is 17.3.